The van der Waals surface area contributed by atoms with E-state index in [9.17, 15) is 13.2 Å². The van der Waals surface area contributed by atoms with Gasteiger partial charge in [-0.25, -0.2) is 13.1 Å². The number of sulfonamides is 1. The maximum absolute atomic E-state index is 13.6. The number of nitrogens with one attached hydrogen (secondary N) is 1. The zero-order valence-corrected chi connectivity index (χ0v) is 19.5. The van der Waals surface area contributed by atoms with Crippen molar-refractivity contribution in [1.29, 1.82) is 0 Å². The van der Waals surface area contributed by atoms with Gasteiger partial charge in [0, 0.05) is 53.9 Å². The van der Waals surface area contributed by atoms with Gasteiger partial charge in [-0.1, -0.05) is 25.1 Å². The summed E-state index contributed by atoms with van der Waals surface area (Å²) in [6.07, 6.45) is 6.26. The van der Waals surface area contributed by atoms with Crippen LogP contribution in [-0.2, 0) is 29.4 Å². The van der Waals surface area contributed by atoms with Crippen molar-refractivity contribution in [3.05, 3.63) is 77.2 Å². The van der Waals surface area contributed by atoms with Crippen LogP contribution in [-0.4, -0.2) is 40.3 Å². The van der Waals surface area contributed by atoms with E-state index in [2.05, 4.69) is 10.1 Å². The van der Waals surface area contributed by atoms with Gasteiger partial charge in [-0.15, -0.1) is 0 Å². The highest BCUT2D eigenvalue weighted by atomic mass is 32.2. The van der Waals surface area contributed by atoms with Crippen LogP contribution in [0.5, 0.6) is 0 Å². The zero-order chi connectivity index (χ0) is 23.2. The molecule has 0 saturated heterocycles. The van der Waals surface area contributed by atoms with Gasteiger partial charge in [-0.2, -0.15) is 9.40 Å². The molecule has 4 aromatic rings. The van der Waals surface area contributed by atoms with E-state index in [1.807, 2.05) is 49.5 Å². The summed E-state index contributed by atoms with van der Waals surface area (Å²) in [6.45, 7) is 2.14. The molecule has 0 radical (unpaired) electrons. The Morgan fingerprint density at radius 3 is 2.70 bits per heavy atom. The molecule has 1 aliphatic carbocycles. The number of nitrogens with zero attached hydrogens (tertiary/aromatic N) is 3. The Kier molecular flexibility index (Phi) is 5.42. The lowest BCUT2D eigenvalue weighted by Crippen LogP contribution is -2.27. The molecule has 33 heavy (non-hydrogen) atoms. The van der Waals surface area contributed by atoms with Crippen LogP contribution in [0, 0.1) is 0 Å². The summed E-state index contributed by atoms with van der Waals surface area (Å²) in [4.78, 5) is 16.1. The van der Waals surface area contributed by atoms with Crippen molar-refractivity contribution in [3.63, 3.8) is 0 Å². The number of hydrogen-bond acceptors (Lipinski definition) is 4. The van der Waals surface area contributed by atoms with Crippen LogP contribution in [0.15, 0.2) is 59.8 Å². The highest BCUT2D eigenvalue weighted by molar-refractivity contribution is 7.89. The molecule has 0 aliphatic heterocycles. The molecule has 2 heterocycles. The molecule has 5 rings (SSSR count). The molecule has 170 valence electrons. The predicted octanol–water partition coefficient (Wildman–Crippen LogP) is 4.26. The normalized spacial score (nSPS) is 14.2. The monoisotopic (exact) mass is 462 g/mol. The maximum Gasteiger partial charge on any atom is 0.243 e. The first-order chi connectivity index (χ1) is 15.9. The standard InChI is InChI=1S/C25H26N4O3S/c1-3-18-12-20-22(27-21-10-7-11-23(30)25(20)21)13-24(18)33(31,32)28(2)15-17-14-26-29(16-17)19-8-5-4-6-9-19/h4-6,8-9,12-14,16,27H,3,7,10-11,15H2,1-2H3. The summed E-state index contributed by atoms with van der Waals surface area (Å²) in [7, 11) is -2.16. The Bertz CT molecular complexity index is 1450. The Morgan fingerprint density at radius 1 is 1.15 bits per heavy atom. The molecule has 7 nitrogen and oxygen atoms in total. The van der Waals surface area contributed by atoms with E-state index in [1.165, 1.54) is 4.31 Å². The number of carbonyl (C=O) groups is 1. The molecule has 0 spiro atoms. The fourth-order valence-electron chi connectivity index (χ4n) is 4.57. The first kappa shape index (κ1) is 21.6. The summed E-state index contributed by atoms with van der Waals surface area (Å²) in [5.41, 5.74) is 4.78. The smallest absolute Gasteiger partial charge is 0.243 e. The minimum absolute atomic E-state index is 0.132. The van der Waals surface area contributed by atoms with E-state index in [1.54, 1.807) is 24.0 Å². The average molecular weight is 463 g/mol. The minimum atomic E-state index is -3.75. The SMILES string of the molecule is CCc1cc2c3c([nH]c2cc1S(=O)(=O)N(C)Cc1cnn(-c2ccccc2)c1)CCCC3=O. The van der Waals surface area contributed by atoms with Gasteiger partial charge < -0.3 is 4.98 Å². The first-order valence-electron chi connectivity index (χ1n) is 11.1. The summed E-state index contributed by atoms with van der Waals surface area (Å²) >= 11 is 0. The zero-order valence-electron chi connectivity index (χ0n) is 18.7. The Labute approximate surface area is 193 Å². The van der Waals surface area contributed by atoms with Gasteiger partial charge in [-0.3, -0.25) is 4.79 Å². The number of aryl methyl sites for hydroxylation is 2. The second-order valence-electron chi connectivity index (χ2n) is 8.50. The van der Waals surface area contributed by atoms with E-state index in [0.29, 0.717) is 18.4 Å². The van der Waals surface area contributed by atoms with Crippen LogP contribution in [0.3, 0.4) is 0 Å². The van der Waals surface area contributed by atoms with Crippen LogP contribution < -0.4 is 0 Å². The third kappa shape index (κ3) is 3.79. The first-order valence-corrected chi connectivity index (χ1v) is 12.6. The van der Waals surface area contributed by atoms with E-state index in [-0.39, 0.29) is 17.2 Å². The van der Waals surface area contributed by atoms with Crippen LogP contribution in [0.4, 0.5) is 0 Å². The molecule has 8 heteroatoms. The summed E-state index contributed by atoms with van der Waals surface area (Å²) in [5, 5.41) is 5.20. The van der Waals surface area contributed by atoms with Crippen molar-refractivity contribution < 1.29 is 13.2 Å². The van der Waals surface area contributed by atoms with E-state index in [0.717, 1.165) is 46.3 Å². The van der Waals surface area contributed by atoms with Gasteiger partial charge in [0.1, 0.15) is 0 Å². The van der Waals surface area contributed by atoms with Crippen LogP contribution in [0.25, 0.3) is 16.6 Å². The molecule has 0 atom stereocenters. The second kappa shape index (κ2) is 8.28. The van der Waals surface area contributed by atoms with Crippen molar-refractivity contribution in [2.75, 3.05) is 7.05 Å². The van der Waals surface area contributed by atoms with Crippen molar-refractivity contribution in [3.8, 4) is 5.69 Å². The van der Waals surface area contributed by atoms with Crippen molar-refractivity contribution in [1.82, 2.24) is 19.1 Å². The van der Waals surface area contributed by atoms with E-state index >= 15 is 0 Å². The van der Waals surface area contributed by atoms with Crippen LogP contribution >= 0.6 is 0 Å². The molecule has 0 fully saturated rings. The van der Waals surface area contributed by atoms with Crippen LogP contribution in [0.1, 0.15) is 46.9 Å². The van der Waals surface area contributed by atoms with Gasteiger partial charge in [0.2, 0.25) is 10.0 Å². The molecule has 1 aliphatic rings. The molecule has 0 bridgehead atoms. The quantitative estimate of drug-likeness (QED) is 0.464. The van der Waals surface area contributed by atoms with Crippen molar-refractivity contribution in [2.24, 2.45) is 0 Å². The molecule has 0 unspecified atom stereocenters. The lowest BCUT2D eigenvalue weighted by molar-refractivity contribution is 0.0974. The average Bonchev–Trinajstić information content (AvgIpc) is 3.43. The summed E-state index contributed by atoms with van der Waals surface area (Å²) in [5.74, 6) is 0.132. The summed E-state index contributed by atoms with van der Waals surface area (Å²) in [6, 6.07) is 13.3. The maximum atomic E-state index is 13.6. The molecule has 2 aromatic heterocycles. The number of para-hydroxylation sites is 1. The van der Waals surface area contributed by atoms with Crippen LogP contribution in [0.2, 0.25) is 0 Å². The van der Waals surface area contributed by atoms with Crippen molar-refractivity contribution in [2.45, 2.75) is 44.0 Å². The molecular formula is C25H26N4O3S. The summed E-state index contributed by atoms with van der Waals surface area (Å²) < 4.78 is 30.2. The number of benzene rings is 2. The van der Waals surface area contributed by atoms with E-state index < -0.39 is 10.0 Å². The Morgan fingerprint density at radius 2 is 1.94 bits per heavy atom. The fraction of sp³-hybridized carbons (Fsp3) is 0.280. The molecule has 1 N–H and O–H groups in total. The minimum Gasteiger partial charge on any atom is -0.358 e. The lowest BCUT2D eigenvalue weighted by atomic mass is 9.94. The number of aromatic amines is 1. The number of ketones is 1. The number of fused-ring (bicyclic) bond motifs is 3. The Hall–Kier alpha value is -3.23. The lowest BCUT2D eigenvalue weighted by Gasteiger charge is -2.19. The number of Topliss-reactive ketones (excluding diaryl/α,β-unsaturated/α-hetero) is 1. The van der Waals surface area contributed by atoms with Gasteiger partial charge in [-0.05, 0) is 49.1 Å². The van der Waals surface area contributed by atoms with Gasteiger partial charge in [0.15, 0.2) is 5.78 Å². The molecule has 0 amide bonds. The number of rotatable bonds is 6. The molecular weight excluding hydrogens is 436 g/mol. The van der Waals surface area contributed by atoms with Crippen molar-refractivity contribution >= 4 is 26.7 Å². The van der Waals surface area contributed by atoms with Gasteiger partial charge >= 0.3 is 0 Å². The third-order valence-electron chi connectivity index (χ3n) is 6.30. The largest absolute Gasteiger partial charge is 0.358 e. The number of aromatic nitrogens is 3. The second-order valence-corrected chi connectivity index (χ2v) is 10.5. The third-order valence-corrected chi connectivity index (χ3v) is 8.18. The van der Waals surface area contributed by atoms with E-state index in [4.69, 9.17) is 0 Å². The number of H-pyrrole nitrogens is 1. The van der Waals surface area contributed by atoms with Gasteiger partial charge in [0.05, 0.1) is 16.8 Å². The topological polar surface area (TPSA) is 88.1 Å². The number of carbonyl (C=O) groups excluding carboxylic acids is 1. The highest BCUT2D eigenvalue weighted by Gasteiger charge is 2.28. The molecule has 0 saturated carbocycles. The van der Waals surface area contributed by atoms with Gasteiger partial charge in [0.25, 0.3) is 0 Å². The highest BCUT2D eigenvalue weighted by Crippen LogP contribution is 2.33. The fourth-order valence-corrected chi connectivity index (χ4v) is 6.03. The number of hydrogen-bond donors (Lipinski definition) is 1. The predicted molar refractivity (Wildman–Crippen MR) is 127 cm³/mol. The Balaban J connectivity index is 1.48. The molecule has 2 aromatic carbocycles.